The zero-order valence-electron chi connectivity index (χ0n) is 9.08. The summed E-state index contributed by atoms with van der Waals surface area (Å²) in [5, 5.41) is 2.19. The van der Waals surface area contributed by atoms with Gasteiger partial charge in [-0.05, 0) is 6.07 Å². The molecule has 4 heterocycles. The quantitative estimate of drug-likeness (QED) is 0.453. The molecule has 0 fully saturated rings. The van der Waals surface area contributed by atoms with Gasteiger partial charge < -0.3 is 0 Å². The first-order chi connectivity index (χ1) is 8.84. The maximum atomic E-state index is 6.19. The number of nitrogens with zero attached hydrogens (tertiary/aromatic N) is 5. The first-order valence-electron chi connectivity index (χ1n) is 5.35. The van der Waals surface area contributed by atoms with Crippen LogP contribution in [-0.2, 0) is 0 Å². The van der Waals surface area contributed by atoms with Crippen LogP contribution in [0.15, 0.2) is 37.1 Å². The summed E-state index contributed by atoms with van der Waals surface area (Å²) >= 11 is 6.19. The first kappa shape index (κ1) is 9.73. The fraction of sp³-hybridized carbons (Fsp3) is 0. The molecule has 0 saturated carbocycles. The van der Waals surface area contributed by atoms with E-state index in [-0.39, 0.29) is 0 Å². The van der Waals surface area contributed by atoms with E-state index < -0.39 is 0 Å². The molecule has 18 heavy (non-hydrogen) atoms. The van der Waals surface area contributed by atoms with Gasteiger partial charge in [0.1, 0.15) is 10.7 Å². The van der Waals surface area contributed by atoms with E-state index in [0.29, 0.717) is 5.15 Å². The Kier molecular flexibility index (Phi) is 1.82. The van der Waals surface area contributed by atoms with E-state index in [1.165, 1.54) is 0 Å². The number of halogens is 1. The second-order valence-electron chi connectivity index (χ2n) is 3.91. The van der Waals surface area contributed by atoms with E-state index in [0.717, 1.165) is 27.6 Å². The number of hydrogen-bond donors (Lipinski definition) is 0. The third kappa shape index (κ3) is 1.16. The molecule has 86 valence electrons. The van der Waals surface area contributed by atoms with Crippen LogP contribution in [0.3, 0.4) is 0 Å². The predicted molar refractivity (Wildman–Crippen MR) is 68.6 cm³/mol. The molecule has 0 amide bonds. The minimum atomic E-state index is 0.434. The van der Waals surface area contributed by atoms with Crippen molar-refractivity contribution in [1.29, 1.82) is 0 Å². The third-order valence-electron chi connectivity index (χ3n) is 2.91. The second kappa shape index (κ2) is 3.36. The average Bonchev–Trinajstić information content (AvgIpc) is 2.78. The molecule has 0 radical (unpaired) electrons. The zero-order valence-corrected chi connectivity index (χ0v) is 9.83. The highest BCUT2D eigenvalue weighted by Gasteiger charge is 2.12. The van der Waals surface area contributed by atoms with Gasteiger partial charge in [-0.1, -0.05) is 11.6 Å². The molecule has 5 nitrogen and oxygen atoms in total. The van der Waals surface area contributed by atoms with Gasteiger partial charge in [0.05, 0.1) is 6.20 Å². The van der Waals surface area contributed by atoms with E-state index >= 15 is 0 Å². The van der Waals surface area contributed by atoms with Crippen molar-refractivity contribution < 1.29 is 0 Å². The number of aromatic nitrogens is 5. The summed E-state index contributed by atoms with van der Waals surface area (Å²) in [6, 6.07) is 1.89. The van der Waals surface area contributed by atoms with Crippen LogP contribution in [0.5, 0.6) is 0 Å². The number of imidazole rings is 1. The molecule has 4 aromatic rings. The fourth-order valence-electron chi connectivity index (χ4n) is 2.10. The lowest BCUT2D eigenvalue weighted by atomic mass is 10.2. The van der Waals surface area contributed by atoms with Gasteiger partial charge in [-0.3, -0.25) is 14.4 Å². The minimum absolute atomic E-state index is 0.434. The lowest BCUT2D eigenvalue weighted by Crippen LogP contribution is -1.88. The summed E-state index contributed by atoms with van der Waals surface area (Å²) in [7, 11) is 0. The summed E-state index contributed by atoms with van der Waals surface area (Å²) in [4.78, 5) is 17.0. The number of fused-ring (bicyclic) bond motifs is 5. The van der Waals surface area contributed by atoms with Crippen LogP contribution < -0.4 is 0 Å². The van der Waals surface area contributed by atoms with E-state index in [1.54, 1.807) is 24.8 Å². The smallest absolute Gasteiger partial charge is 0.166 e. The maximum absolute atomic E-state index is 6.19. The van der Waals surface area contributed by atoms with E-state index in [2.05, 4.69) is 19.9 Å². The standard InChI is InChI=1S/C12H6ClN5/c13-11-8-5-14-2-1-7(8)10-12(17-11)18-4-3-15-6-9(18)16-10/h1-6H. The van der Waals surface area contributed by atoms with Crippen molar-refractivity contribution in [2.24, 2.45) is 0 Å². The topological polar surface area (TPSA) is 56.0 Å². The molecular weight excluding hydrogens is 250 g/mol. The highest BCUT2D eigenvalue weighted by molar-refractivity contribution is 6.35. The van der Waals surface area contributed by atoms with Crippen molar-refractivity contribution in [2.75, 3.05) is 0 Å². The molecule has 0 spiro atoms. The van der Waals surface area contributed by atoms with Gasteiger partial charge in [-0.2, -0.15) is 0 Å². The Morgan fingerprint density at radius 1 is 1.00 bits per heavy atom. The Morgan fingerprint density at radius 2 is 1.89 bits per heavy atom. The number of hydrogen-bond acceptors (Lipinski definition) is 4. The molecule has 0 aliphatic carbocycles. The zero-order chi connectivity index (χ0) is 12.1. The Labute approximate surface area is 106 Å². The molecule has 6 heteroatoms. The van der Waals surface area contributed by atoms with Gasteiger partial charge in [-0.15, -0.1) is 0 Å². The predicted octanol–water partition coefficient (Wildman–Crippen LogP) is 2.48. The monoisotopic (exact) mass is 255 g/mol. The lowest BCUT2D eigenvalue weighted by molar-refractivity contribution is 1.13. The van der Waals surface area contributed by atoms with Gasteiger partial charge in [-0.25, -0.2) is 9.97 Å². The Hall–Kier alpha value is -2.27. The number of pyridine rings is 2. The van der Waals surface area contributed by atoms with Crippen molar-refractivity contribution >= 4 is 39.2 Å². The molecule has 0 aliphatic heterocycles. The SMILES string of the molecule is Clc1nc2c(nc3cnccn32)c2ccncc12. The van der Waals surface area contributed by atoms with E-state index in [1.807, 2.05) is 16.7 Å². The highest BCUT2D eigenvalue weighted by atomic mass is 35.5. The summed E-state index contributed by atoms with van der Waals surface area (Å²) < 4.78 is 1.87. The van der Waals surface area contributed by atoms with Crippen molar-refractivity contribution in [3.05, 3.63) is 42.2 Å². The summed E-state index contributed by atoms with van der Waals surface area (Å²) in [5.41, 5.74) is 2.29. The largest absolute Gasteiger partial charge is 0.281 e. The lowest BCUT2D eigenvalue weighted by Gasteiger charge is -2.00. The van der Waals surface area contributed by atoms with Crippen LogP contribution in [-0.4, -0.2) is 24.3 Å². The van der Waals surface area contributed by atoms with Crippen LogP contribution in [0.25, 0.3) is 27.6 Å². The molecule has 0 bridgehead atoms. The van der Waals surface area contributed by atoms with Crippen molar-refractivity contribution in [2.45, 2.75) is 0 Å². The molecule has 0 saturated heterocycles. The maximum Gasteiger partial charge on any atom is 0.166 e. The molecule has 0 N–H and O–H groups in total. The summed E-state index contributed by atoms with van der Waals surface area (Å²) in [6.07, 6.45) is 8.64. The molecular formula is C12H6ClN5. The van der Waals surface area contributed by atoms with Gasteiger partial charge >= 0.3 is 0 Å². The molecule has 0 aromatic carbocycles. The van der Waals surface area contributed by atoms with E-state index in [4.69, 9.17) is 11.6 Å². The van der Waals surface area contributed by atoms with Crippen molar-refractivity contribution in [1.82, 2.24) is 24.3 Å². The molecule has 4 rings (SSSR count). The van der Waals surface area contributed by atoms with Crippen LogP contribution in [0, 0.1) is 0 Å². The Morgan fingerprint density at radius 3 is 2.83 bits per heavy atom. The molecule has 0 unspecified atom stereocenters. The number of rotatable bonds is 0. The van der Waals surface area contributed by atoms with Gasteiger partial charge in [0, 0.05) is 35.6 Å². The highest BCUT2D eigenvalue weighted by Crippen LogP contribution is 2.28. The van der Waals surface area contributed by atoms with Crippen LogP contribution in [0.1, 0.15) is 0 Å². The van der Waals surface area contributed by atoms with Crippen LogP contribution in [0.2, 0.25) is 5.15 Å². The summed E-state index contributed by atoms with van der Waals surface area (Å²) in [5.74, 6) is 0. The first-order valence-corrected chi connectivity index (χ1v) is 5.73. The van der Waals surface area contributed by atoms with Gasteiger partial charge in [0.2, 0.25) is 0 Å². The summed E-state index contributed by atoms with van der Waals surface area (Å²) in [6.45, 7) is 0. The normalized spacial score (nSPS) is 11.6. The average molecular weight is 256 g/mol. The van der Waals surface area contributed by atoms with Crippen LogP contribution in [0.4, 0.5) is 0 Å². The van der Waals surface area contributed by atoms with E-state index in [9.17, 15) is 0 Å². The van der Waals surface area contributed by atoms with Crippen molar-refractivity contribution in [3.63, 3.8) is 0 Å². The van der Waals surface area contributed by atoms with Gasteiger partial charge in [0.25, 0.3) is 0 Å². The minimum Gasteiger partial charge on any atom is -0.281 e. The van der Waals surface area contributed by atoms with Crippen LogP contribution >= 0.6 is 11.6 Å². The molecule has 4 aromatic heterocycles. The Balaban J connectivity index is 2.36. The van der Waals surface area contributed by atoms with Crippen molar-refractivity contribution in [3.8, 4) is 0 Å². The molecule has 0 atom stereocenters. The molecule has 0 aliphatic rings. The fourth-order valence-corrected chi connectivity index (χ4v) is 2.33. The third-order valence-corrected chi connectivity index (χ3v) is 3.20. The second-order valence-corrected chi connectivity index (χ2v) is 4.27. The van der Waals surface area contributed by atoms with Gasteiger partial charge in [0.15, 0.2) is 11.3 Å². The Bertz CT molecular complexity index is 899.